The van der Waals surface area contributed by atoms with E-state index in [2.05, 4.69) is 0 Å². The van der Waals surface area contributed by atoms with E-state index in [-0.39, 0.29) is 18.1 Å². The van der Waals surface area contributed by atoms with Crippen LogP contribution < -0.4 is 0 Å². The van der Waals surface area contributed by atoms with Gasteiger partial charge in [0.05, 0.1) is 30.1 Å². The van der Waals surface area contributed by atoms with Crippen molar-refractivity contribution in [3.63, 3.8) is 0 Å². The highest BCUT2D eigenvalue weighted by Crippen LogP contribution is 2.25. The summed E-state index contributed by atoms with van der Waals surface area (Å²) in [5, 5.41) is 9.52. The van der Waals surface area contributed by atoms with Crippen molar-refractivity contribution in [1.82, 2.24) is 4.31 Å². The number of likely N-dealkylation sites (N-methyl/N-ethyl adjacent to an activating group) is 1. The van der Waals surface area contributed by atoms with E-state index >= 15 is 0 Å². The summed E-state index contributed by atoms with van der Waals surface area (Å²) in [6.45, 7) is 0.0841. The number of halogens is 1. The van der Waals surface area contributed by atoms with Gasteiger partial charge in [0.25, 0.3) is 0 Å². The zero-order valence-electron chi connectivity index (χ0n) is 10.7. The standard InChI is InChI=1S/C12H14ClNO5S/c1-14(11-7-19-6-10(11)12(15)16)20(17,18)9-4-2-8(13)3-5-9/h2-5,10-11H,6-7H2,1H3,(H,15,16). The molecule has 8 heteroatoms. The van der Waals surface area contributed by atoms with E-state index in [1.165, 1.54) is 31.3 Å². The number of nitrogens with zero attached hydrogens (tertiary/aromatic N) is 1. The number of ether oxygens (including phenoxy) is 1. The van der Waals surface area contributed by atoms with Gasteiger partial charge in [0.15, 0.2) is 0 Å². The summed E-state index contributed by atoms with van der Waals surface area (Å²) in [6, 6.07) is 5.01. The molecule has 0 aliphatic carbocycles. The average Bonchev–Trinajstić information content (AvgIpc) is 2.87. The maximum Gasteiger partial charge on any atom is 0.310 e. The molecule has 1 saturated heterocycles. The zero-order valence-corrected chi connectivity index (χ0v) is 12.3. The van der Waals surface area contributed by atoms with Crippen LogP contribution >= 0.6 is 11.6 Å². The van der Waals surface area contributed by atoms with Crippen LogP contribution in [0.3, 0.4) is 0 Å². The fraction of sp³-hybridized carbons (Fsp3) is 0.417. The summed E-state index contributed by atoms with van der Waals surface area (Å²) < 4.78 is 31.0. The normalized spacial score (nSPS) is 23.1. The van der Waals surface area contributed by atoms with Crippen molar-refractivity contribution in [1.29, 1.82) is 0 Å². The van der Waals surface area contributed by atoms with Gasteiger partial charge in [0, 0.05) is 12.1 Å². The van der Waals surface area contributed by atoms with E-state index in [1.807, 2.05) is 0 Å². The summed E-state index contributed by atoms with van der Waals surface area (Å²) in [4.78, 5) is 11.2. The molecular weight excluding hydrogens is 306 g/mol. The molecule has 1 heterocycles. The third kappa shape index (κ3) is 2.80. The molecule has 2 atom stereocenters. The molecule has 20 heavy (non-hydrogen) atoms. The Bertz CT molecular complexity index is 601. The molecule has 110 valence electrons. The number of sulfonamides is 1. The van der Waals surface area contributed by atoms with Crippen LogP contribution in [0.4, 0.5) is 0 Å². The lowest BCUT2D eigenvalue weighted by Gasteiger charge is -2.25. The van der Waals surface area contributed by atoms with Gasteiger partial charge in [-0.3, -0.25) is 4.79 Å². The molecule has 0 aromatic heterocycles. The van der Waals surface area contributed by atoms with Crippen molar-refractivity contribution in [3.05, 3.63) is 29.3 Å². The first-order valence-corrected chi connectivity index (χ1v) is 7.70. The lowest BCUT2D eigenvalue weighted by atomic mass is 10.1. The monoisotopic (exact) mass is 319 g/mol. The molecule has 0 spiro atoms. The molecule has 1 aliphatic rings. The zero-order chi connectivity index (χ0) is 14.9. The number of hydrogen-bond acceptors (Lipinski definition) is 4. The van der Waals surface area contributed by atoms with E-state index in [0.717, 1.165) is 4.31 Å². The summed E-state index contributed by atoms with van der Waals surface area (Å²) in [5.41, 5.74) is 0. The molecule has 0 bridgehead atoms. The van der Waals surface area contributed by atoms with Gasteiger partial charge >= 0.3 is 5.97 Å². The molecule has 1 aliphatic heterocycles. The second-order valence-electron chi connectivity index (χ2n) is 4.52. The molecule has 1 fully saturated rings. The highest BCUT2D eigenvalue weighted by Gasteiger charge is 2.41. The third-order valence-corrected chi connectivity index (χ3v) is 5.47. The van der Waals surface area contributed by atoms with Crippen LogP contribution in [-0.2, 0) is 19.6 Å². The van der Waals surface area contributed by atoms with Crippen LogP contribution in [0, 0.1) is 5.92 Å². The molecule has 1 N–H and O–H groups in total. The van der Waals surface area contributed by atoms with E-state index in [9.17, 15) is 13.2 Å². The smallest absolute Gasteiger partial charge is 0.310 e. The Balaban J connectivity index is 2.29. The lowest BCUT2D eigenvalue weighted by Crippen LogP contribution is -2.44. The minimum atomic E-state index is -3.77. The maximum absolute atomic E-state index is 12.4. The fourth-order valence-corrected chi connectivity index (χ4v) is 3.59. The number of hydrogen-bond donors (Lipinski definition) is 1. The largest absolute Gasteiger partial charge is 0.481 e. The Hall–Kier alpha value is -1.15. The second kappa shape index (κ2) is 5.69. The van der Waals surface area contributed by atoms with Gasteiger partial charge in [-0.15, -0.1) is 0 Å². The van der Waals surface area contributed by atoms with E-state index in [0.29, 0.717) is 5.02 Å². The first kappa shape index (κ1) is 15.2. The van der Waals surface area contributed by atoms with Crippen molar-refractivity contribution < 1.29 is 23.1 Å². The first-order chi connectivity index (χ1) is 9.34. The number of rotatable bonds is 4. The van der Waals surface area contributed by atoms with Crippen LogP contribution in [0.5, 0.6) is 0 Å². The predicted octanol–water partition coefficient (Wildman–Crippen LogP) is 1.06. The Labute approximate surface area is 122 Å². The lowest BCUT2D eigenvalue weighted by molar-refractivity contribution is -0.142. The summed E-state index contributed by atoms with van der Waals surface area (Å²) in [6.07, 6.45) is 0. The molecule has 1 aromatic carbocycles. The summed E-state index contributed by atoms with van der Waals surface area (Å²) in [7, 11) is -2.41. The minimum Gasteiger partial charge on any atom is -0.481 e. The van der Waals surface area contributed by atoms with E-state index in [4.69, 9.17) is 21.4 Å². The first-order valence-electron chi connectivity index (χ1n) is 5.88. The van der Waals surface area contributed by atoms with Gasteiger partial charge in [-0.2, -0.15) is 4.31 Å². The van der Waals surface area contributed by atoms with Gasteiger partial charge in [-0.05, 0) is 24.3 Å². The van der Waals surface area contributed by atoms with Crippen molar-refractivity contribution in [3.8, 4) is 0 Å². The van der Waals surface area contributed by atoms with Crippen molar-refractivity contribution in [2.24, 2.45) is 5.92 Å². The molecule has 6 nitrogen and oxygen atoms in total. The quantitative estimate of drug-likeness (QED) is 0.897. The second-order valence-corrected chi connectivity index (χ2v) is 6.96. The van der Waals surface area contributed by atoms with Crippen molar-refractivity contribution >= 4 is 27.6 Å². The van der Waals surface area contributed by atoms with Crippen LogP contribution in [0.15, 0.2) is 29.2 Å². The van der Waals surface area contributed by atoms with Gasteiger partial charge in [-0.25, -0.2) is 8.42 Å². The number of carbonyl (C=O) groups is 1. The summed E-state index contributed by atoms with van der Waals surface area (Å²) >= 11 is 5.73. The van der Waals surface area contributed by atoms with Gasteiger partial charge in [0.2, 0.25) is 10.0 Å². The van der Waals surface area contributed by atoms with Crippen molar-refractivity contribution in [2.75, 3.05) is 20.3 Å². The number of aliphatic carboxylic acids is 1. The molecule has 2 rings (SSSR count). The SMILES string of the molecule is CN(C1COCC1C(=O)O)S(=O)(=O)c1ccc(Cl)cc1. The molecule has 0 amide bonds. The molecule has 1 aromatic rings. The Kier molecular flexibility index (Phi) is 4.33. The molecule has 0 saturated carbocycles. The van der Waals surface area contributed by atoms with E-state index < -0.39 is 28.0 Å². The number of carboxylic acids is 1. The van der Waals surface area contributed by atoms with Gasteiger partial charge in [0.1, 0.15) is 0 Å². The van der Waals surface area contributed by atoms with Crippen LogP contribution in [0.1, 0.15) is 0 Å². The third-order valence-electron chi connectivity index (χ3n) is 3.33. The topological polar surface area (TPSA) is 83.9 Å². The highest BCUT2D eigenvalue weighted by atomic mass is 35.5. The van der Waals surface area contributed by atoms with Gasteiger partial charge < -0.3 is 9.84 Å². The average molecular weight is 320 g/mol. The fourth-order valence-electron chi connectivity index (χ4n) is 2.09. The molecule has 0 radical (unpaired) electrons. The van der Waals surface area contributed by atoms with E-state index in [1.54, 1.807) is 0 Å². The molecule has 2 unspecified atom stereocenters. The Morgan fingerprint density at radius 1 is 1.35 bits per heavy atom. The predicted molar refractivity (Wildman–Crippen MR) is 72.1 cm³/mol. The Morgan fingerprint density at radius 2 is 1.95 bits per heavy atom. The number of carboxylic acid groups (broad SMARTS) is 1. The highest BCUT2D eigenvalue weighted by molar-refractivity contribution is 7.89. The van der Waals surface area contributed by atoms with Gasteiger partial charge in [-0.1, -0.05) is 11.6 Å². The molecular formula is C12H14ClNO5S. The Morgan fingerprint density at radius 3 is 2.50 bits per heavy atom. The van der Waals surface area contributed by atoms with Crippen LogP contribution in [0.2, 0.25) is 5.02 Å². The van der Waals surface area contributed by atoms with Crippen LogP contribution in [0.25, 0.3) is 0 Å². The number of benzene rings is 1. The van der Waals surface area contributed by atoms with Crippen LogP contribution in [-0.4, -0.2) is 50.1 Å². The maximum atomic E-state index is 12.4. The minimum absolute atomic E-state index is 0.0144. The van der Waals surface area contributed by atoms with Crippen molar-refractivity contribution in [2.45, 2.75) is 10.9 Å². The summed E-state index contributed by atoms with van der Waals surface area (Å²) in [5.74, 6) is -1.92.